The molecule has 0 saturated heterocycles. The first-order valence-electron chi connectivity index (χ1n) is 8.38. The molecule has 1 amide bonds. The fourth-order valence-electron chi connectivity index (χ4n) is 2.91. The Morgan fingerprint density at radius 3 is 2.46 bits per heavy atom. The number of hydrogen-bond donors (Lipinski definition) is 0. The predicted molar refractivity (Wildman–Crippen MR) is 118 cm³/mol. The Bertz CT molecular complexity index is 1150. The molecular formula is C21H13Cl3N2OS. The van der Waals surface area contributed by atoms with Crippen LogP contribution in [0, 0.1) is 0 Å². The van der Waals surface area contributed by atoms with Gasteiger partial charge in [-0.2, -0.15) is 0 Å². The van der Waals surface area contributed by atoms with Gasteiger partial charge in [0.2, 0.25) is 0 Å². The number of pyridine rings is 1. The molecule has 3 nitrogen and oxygen atoms in total. The van der Waals surface area contributed by atoms with E-state index in [4.69, 9.17) is 34.8 Å². The molecule has 2 aromatic heterocycles. The van der Waals surface area contributed by atoms with Gasteiger partial charge in [-0.1, -0.05) is 71.2 Å². The van der Waals surface area contributed by atoms with Crippen molar-refractivity contribution in [3.05, 3.63) is 92.4 Å². The maximum atomic E-state index is 13.5. The second-order valence-electron chi connectivity index (χ2n) is 6.07. The van der Waals surface area contributed by atoms with E-state index < -0.39 is 0 Å². The summed E-state index contributed by atoms with van der Waals surface area (Å²) in [4.78, 5) is 19.8. The zero-order valence-electron chi connectivity index (χ0n) is 14.4. The summed E-state index contributed by atoms with van der Waals surface area (Å²) in [5, 5.41) is 1.90. The quantitative estimate of drug-likeness (QED) is 0.334. The van der Waals surface area contributed by atoms with E-state index in [1.807, 2.05) is 42.5 Å². The second kappa shape index (κ2) is 8.10. The molecule has 0 atom stereocenters. The lowest BCUT2D eigenvalue weighted by Gasteiger charge is -2.21. The van der Waals surface area contributed by atoms with Gasteiger partial charge in [0, 0.05) is 21.3 Å². The maximum absolute atomic E-state index is 13.5. The summed E-state index contributed by atoms with van der Waals surface area (Å²) in [6, 6.07) is 18.6. The van der Waals surface area contributed by atoms with Crippen LogP contribution in [0.25, 0.3) is 10.1 Å². The number of benzene rings is 2. The van der Waals surface area contributed by atoms with Crippen LogP contribution >= 0.6 is 46.1 Å². The summed E-state index contributed by atoms with van der Waals surface area (Å²) >= 11 is 20.3. The smallest absolute Gasteiger partial charge is 0.271 e. The van der Waals surface area contributed by atoms with Crippen molar-refractivity contribution in [2.45, 2.75) is 6.54 Å². The van der Waals surface area contributed by atoms with Crippen LogP contribution < -0.4 is 4.90 Å². The minimum atomic E-state index is -0.235. The molecule has 0 unspecified atom stereocenters. The van der Waals surface area contributed by atoms with Gasteiger partial charge in [-0.15, -0.1) is 11.3 Å². The van der Waals surface area contributed by atoms with E-state index in [1.54, 1.807) is 29.3 Å². The molecule has 2 aromatic carbocycles. The fourth-order valence-corrected chi connectivity index (χ4v) is 5.23. The summed E-state index contributed by atoms with van der Waals surface area (Å²) in [5.41, 5.74) is 0.986. The minimum Gasteiger partial charge on any atom is -0.287 e. The highest BCUT2D eigenvalue weighted by Gasteiger charge is 2.26. The largest absolute Gasteiger partial charge is 0.287 e. The van der Waals surface area contributed by atoms with E-state index in [-0.39, 0.29) is 5.91 Å². The van der Waals surface area contributed by atoms with Crippen LogP contribution in [0.1, 0.15) is 15.2 Å². The molecule has 140 valence electrons. The van der Waals surface area contributed by atoms with E-state index in [2.05, 4.69) is 4.98 Å². The first-order chi connectivity index (χ1) is 13.5. The Hall–Kier alpha value is -2.11. The summed E-state index contributed by atoms with van der Waals surface area (Å²) in [7, 11) is 0. The molecule has 0 N–H and O–H groups in total. The third-order valence-electron chi connectivity index (χ3n) is 4.20. The fraction of sp³-hybridized carbons (Fsp3) is 0.0476. The number of rotatable bonds is 4. The molecule has 4 aromatic rings. The van der Waals surface area contributed by atoms with Gasteiger partial charge in [0.25, 0.3) is 5.91 Å². The summed E-state index contributed by atoms with van der Waals surface area (Å²) in [6.45, 7) is 0.371. The summed E-state index contributed by atoms with van der Waals surface area (Å²) < 4.78 is 0.770. The molecule has 28 heavy (non-hydrogen) atoms. The van der Waals surface area contributed by atoms with Crippen LogP contribution in [0.15, 0.2) is 66.9 Å². The van der Waals surface area contributed by atoms with Crippen molar-refractivity contribution >= 4 is 68.0 Å². The standard InChI is InChI=1S/C21H13Cl3N2OS/c22-14-10-15(23)18-16(11-14)28-20(19(18)24)21(27)26(17-8-4-5-9-25-17)12-13-6-2-1-3-7-13/h1-11H,12H2. The zero-order chi connectivity index (χ0) is 19.7. The third-order valence-corrected chi connectivity index (χ3v) is 6.33. The van der Waals surface area contributed by atoms with E-state index in [0.717, 1.165) is 10.3 Å². The van der Waals surface area contributed by atoms with E-state index >= 15 is 0 Å². The van der Waals surface area contributed by atoms with Crippen molar-refractivity contribution in [1.82, 2.24) is 4.98 Å². The molecule has 0 saturated carbocycles. The molecule has 0 spiro atoms. The van der Waals surface area contributed by atoms with Crippen molar-refractivity contribution < 1.29 is 4.79 Å². The third kappa shape index (κ3) is 3.74. The van der Waals surface area contributed by atoms with Crippen LogP contribution in [-0.4, -0.2) is 10.9 Å². The van der Waals surface area contributed by atoms with Crippen molar-refractivity contribution in [2.24, 2.45) is 0 Å². The highest BCUT2D eigenvalue weighted by atomic mass is 35.5. The van der Waals surface area contributed by atoms with E-state index in [9.17, 15) is 4.79 Å². The highest BCUT2D eigenvalue weighted by molar-refractivity contribution is 7.21. The second-order valence-corrected chi connectivity index (χ2v) is 8.34. The molecular weight excluding hydrogens is 435 g/mol. The zero-order valence-corrected chi connectivity index (χ0v) is 17.5. The van der Waals surface area contributed by atoms with Gasteiger partial charge in [0.15, 0.2) is 0 Å². The molecule has 0 aliphatic rings. The number of hydrogen-bond acceptors (Lipinski definition) is 3. The van der Waals surface area contributed by atoms with Gasteiger partial charge < -0.3 is 0 Å². The number of anilines is 1. The van der Waals surface area contributed by atoms with Crippen LogP contribution in [-0.2, 0) is 6.54 Å². The Labute approximate surface area is 181 Å². The highest BCUT2D eigenvalue weighted by Crippen LogP contribution is 2.42. The van der Waals surface area contributed by atoms with Gasteiger partial charge in [-0.3, -0.25) is 9.69 Å². The Balaban J connectivity index is 1.80. The number of nitrogens with zero attached hydrogens (tertiary/aromatic N) is 2. The van der Waals surface area contributed by atoms with Gasteiger partial charge in [0.1, 0.15) is 10.7 Å². The number of thiophene rings is 1. The summed E-state index contributed by atoms with van der Waals surface area (Å²) in [6.07, 6.45) is 1.66. The average molecular weight is 448 g/mol. The first-order valence-corrected chi connectivity index (χ1v) is 10.3. The van der Waals surface area contributed by atoms with Crippen molar-refractivity contribution in [1.29, 1.82) is 0 Å². The van der Waals surface area contributed by atoms with Crippen molar-refractivity contribution in [3.8, 4) is 0 Å². The topological polar surface area (TPSA) is 33.2 Å². The maximum Gasteiger partial charge on any atom is 0.271 e. The molecule has 0 aliphatic carbocycles. The van der Waals surface area contributed by atoms with E-state index in [1.165, 1.54) is 11.3 Å². The normalized spacial score (nSPS) is 11.0. The molecule has 2 heterocycles. The molecule has 0 fully saturated rings. The Morgan fingerprint density at radius 1 is 1.00 bits per heavy atom. The lowest BCUT2D eigenvalue weighted by molar-refractivity contribution is 0.0988. The number of carbonyl (C=O) groups is 1. The predicted octanol–water partition coefficient (Wildman–Crippen LogP) is 7.10. The number of aromatic nitrogens is 1. The summed E-state index contributed by atoms with van der Waals surface area (Å²) in [5.74, 6) is 0.315. The SMILES string of the molecule is O=C(c1sc2cc(Cl)cc(Cl)c2c1Cl)N(Cc1ccccc1)c1ccccn1. The Kier molecular flexibility index (Phi) is 5.56. The number of fused-ring (bicyclic) bond motifs is 1. The van der Waals surface area contributed by atoms with Crippen LogP contribution in [0.3, 0.4) is 0 Å². The average Bonchev–Trinajstić information content (AvgIpc) is 3.03. The molecule has 0 aliphatic heterocycles. The van der Waals surface area contributed by atoms with Gasteiger partial charge >= 0.3 is 0 Å². The minimum absolute atomic E-state index is 0.235. The molecule has 4 rings (SSSR count). The van der Waals surface area contributed by atoms with Crippen LogP contribution in [0.2, 0.25) is 15.1 Å². The first kappa shape index (κ1) is 19.2. The molecule has 7 heteroatoms. The van der Waals surface area contributed by atoms with Gasteiger partial charge in [-0.25, -0.2) is 4.98 Å². The number of halogens is 3. The van der Waals surface area contributed by atoms with Crippen molar-refractivity contribution in [3.63, 3.8) is 0 Å². The molecule has 0 radical (unpaired) electrons. The number of amides is 1. The monoisotopic (exact) mass is 446 g/mol. The lowest BCUT2D eigenvalue weighted by Crippen LogP contribution is -2.30. The van der Waals surface area contributed by atoms with E-state index in [0.29, 0.717) is 37.7 Å². The number of carbonyl (C=O) groups excluding carboxylic acids is 1. The van der Waals surface area contributed by atoms with Crippen LogP contribution in [0.5, 0.6) is 0 Å². The lowest BCUT2D eigenvalue weighted by atomic mass is 10.2. The molecule has 0 bridgehead atoms. The van der Waals surface area contributed by atoms with Crippen molar-refractivity contribution in [2.75, 3.05) is 4.90 Å². The van der Waals surface area contributed by atoms with Gasteiger partial charge in [-0.05, 0) is 29.8 Å². The Morgan fingerprint density at radius 2 is 1.75 bits per heavy atom. The van der Waals surface area contributed by atoms with Gasteiger partial charge in [0.05, 0.1) is 16.6 Å². The van der Waals surface area contributed by atoms with Crippen LogP contribution in [0.4, 0.5) is 5.82 Å².